The molecule has 1 amide bonds. The zero-order valence-corrected chi connectivity index (χ0v) is 15.4. The number of carbonyl (C=O) groups is 1. The standard InChI is InChI=1S/C11H20FNO3.C6H12FNO.CH4/c1-11(2,3)16-10(15)13-5-4-9(14)8(6-12)7-13;7-3-5-4-8-2-1-6(5)9;/h8-9,14H,4-7H2,1-3H3;5-6,8-9H,1-4H2;1H4. The van der Waals surface area contributed by atoms with Gasteiger partial charge in [-0.05, 0) is 40.2 Å². The summed E-state index contributed by atoms with van der Waals surface area (Å²) in [6.07, 6.45) is -0.402. The van der Waals surface area contributed by atoms with Gasteiger partial charge in [-0.25, -0.2) is 4.79 Å². The van der Waals surface area contributed by atoms with Gasteiger partial charge in [-0.2, -0.15) is 0 Å². The van der Waals surface area contributed by atoms with Crippen molar-refractivity contribution in [2.45, 2.75) is 58.8 Å². The second-order valence-electron chi connectivity index (χ2n) is 7.67. The molecule has 0 radical (unpaired) electrons. The lowest BCUT2D eigenvalue weighted by atomic mass is 9.96. The third kappa shape index (κ3) is 8.60. The molecule has 0 aliphatic carbocycles. The number of aliphatic hydroxyl groups is 2. The number of hydrogen-bond acceptors (Lipinski definition) is 5. The largest absolute Gasteiger partial charge is 0.444 e. The molecule has 2 aliphatic heterocycles. The summed E-state index contributed by atoms with van der Waals surface area (Å²) in [4.78, 5) is 13.1. The molecule has 0 aromatic rings. The Labute approximate surface area is 155 Å². The summed E-state index contributed by atoms with van der Waals surface area (Å²) in [7, 11) is 0. The van der Waals surface area contributed by atoms with Crippen LogP contribution in [0.2, 0.25) is 0 Å². The molecule has 3 N–H and O–H groups in total. The van der Waals surface area contributed by atoms with Gasteiger partial charge >= 0.3 is 6.09 Å². The number of hydrogen-bond donors (Lipinski definition) is 3. The molecule has 0 bridgehead atoms. The molecule has 156 valence electrons. The van der Waals surface area contributed by atoms with Crippen LogP contribution in [0.15, 0.2) is 0 Å². The summed E-state index contributed by atoms with van der Waals surface area (Å²) < 4.78 is 29.7. The molecule has 2 rings (SSSR count). The number of amides is 1. The Morgan fingerprint density at radius 3 is 2.19 bits per heavy atom. The van der Waals surface area contributed by atoms with Gasteiger partial charge in [0.05, 0.1) is 25.6 Å². The summed E-state index contributed by atoms with van der Waals surface area (Å²) in [5.41, 5.74) is -0.543. The minimum absolute atomic E-state index is 0. The second-order valence-corrected chi connectivity index (χ2v) is 7.67. The van der Waals surface area contributed by atoms with E-state index in [1.807, 2.05) is 0 Å². The smallest absolute Gasteiger partial charge is 0.410 e. The van der Waals surface area contributed by atoms with Gasteiger partial charge < -0.3 is 25.2 Å². The summed E-state index contributed by atoms with van der Waals surface area (Å²) >= 11 is 0. The Balaban J connectivity index is 0.000000532. The van der Waals surface area contributed by atoms with Crippen LogP contribution in [0.3, 0.4) is 0 Å². The Hall–Kier alpha value is -0.990. The van der Waals surface area contributed by atoms with E-state index in [2.05, 4.69) is 5.32 Å². The maximum atomic E-state index is 12.6. The lowest BCUT2D eigenvalue weighted by molar-refractivity contribution is -0.0128. The van der Waals surface area contributed by atoms with Crippen LogP contribution in [0.4, 0.5) is 13.6 Å². The molecule has 0 saturated carbocycles. The molecular weight excluding hydrogens is 346 g/mol. The first-order valence-corrected chi connectivity index (χ1v) is 8.84. The van der Waals surface area contributed by atoms with E-state index in [4.69, 9.17) is 9.84 Å². The van der Waals surface area contributed by atoms with Crippen molar-refractivity contribution in [2.24, 2.45) is 11.8 Å². The van der Waals surface area contributed by atoms with Gasteiger partial charge in [0.2, 0.25) is 0 Å². The van der Waals surface area contributed by atoms with Crippen LogP contribution in [0, 0.1) is 11.8 Å². The maximum absolute atomic E-state index is 12.6. The minimum atomic E-state index is -0.649. The molecule has 8 heteroatoms. The van der Waals surface area contributed by atoms with Crippen LogP contribution >= 0.6 is 0 Å². The highest BCUT2D eigenvalue weighted by Crippen LogP contribution is 2.20. The summed E-state index contributed by atoms with van der Waals surface area (Å²) in [5.74, 6) is -0.653. The molecule has 0 aromatic carbocycles. The first-order chi connectivity index (χ1) is 11.7. The van der Waals surface area contributed by atoms with E-state index in [-0.39, 0.29) is 19.9 Å². The number of alkyl halides is 2. The predicted octanol–water partition coefficient (Wildman–Crippen LogP) is 2.14. The van der Waals surface area contributed by atoms with Gasteiger partial charge in [0, 0.05) is 31.5 Å². The average molecular weight is 382 g/mol. The quantitative estimate of drug-likeness (QED) is 0.682. The van der Waals surface area contributed by atoms with Crippen LogP contribution in [-0.4, -0.2) is 78.5 Å². The lowest BCUT2D eigenvalue weighted by Crippen LogP contribution is -2.48. The van der Waals surface area contributed by atoms with E-state index < -0.39 is 43.2 Å². The molecule has 4 atom stereocenters. The van der Waals surface area contributed by atoms with Crippen LogP contribution < -0.4 is 5.32 Å². The van der Waals surface area contributed by atoms with E-state index in [1.54, 1.807) is 20.8 Å². The number of nitrogens with one attached hydrogen (secondary N) is 1. The van der Waals surface area contributed by atoms with Gasteiger partial charge in [-0.3, -0.25) is 8.78 Å². The fraction of sp³-hybridized carbons (Fsp3) is 0.944. The van der Waals surface area contributed by atoms with Crippen molar-refractivity contribution < 1.29 is 28.5 Å². The molecule has 2 saturated heterocycles. The normalized spacial score (nSPS) is 29.1. The zero-order valence-electron chi connectivity index (χ0n) is 15.4. The molecular formula is C18H36F2N2O4. The Morgan fingerprint density at radius 1 is 1.15 bits per heavy atom. The number of likely N-dealkylation sites (tertiary alicyclic amines) is 1. The van der Waals surface area contributed by atoms with Gasteiger partial charge in [0.1, 0.15) is 5.60 Å². The van der Waals surface area contributed by atoms with Crippen molar-refractivity contribution in [3.05, 3.63) is 0 Å². The second kappa shape index (κ2) is 11.7. The summed E-state index contributed by atoms with van der Waals surface area (Å²) in [6.45, 7) is 6.44. The average Bonchev–Trinajstić information content (AvgIpc) is 2.54. The molecule has 4 unspecified atom stereocenters. The molecule has 2 fully saturated rings. The van der Waals surface area contributed by atoms with Gasteiger partial charge in [0.15, 0.2) is 0 Å². The number of halogens is 2. The monoisotopic (exact) mass is 382 g/mol. The SMILES string of the molecule is C.CC(C)(C)OC(=O)N1CCC(O)C(CF)C1.OC1CCNCC1CF. The predicted molar refractivity (Wildman–Crippen MR) is 97.6 cm³/mol. The van der Waals surface area contributed by atoms with E-state index in [9.17, 15) is 18.7 Å². The van der Waals surface area contributed by atoms with Crippen LogP contribution in [-0.2, 0) is 4.74 Å². The highest BCUT2D eigenvalue weighted by Gasteiger charge is 2.32. The van der Waals surface area contributed by atoms with E-state index in [1.165, 1.54) is 4.90 Å². The number of rotatable bonds is 2. The van der Waals surface area contributed by atoms with E-state index in [0.29, 0.717) is 25.9 Å². The highest BCUT2D eigenvalue weighted by molar-refractivity contribution is 5.68. The van der Waals surface area contributed by atoms with Crippen molar-refractivity contribution >= 4 is 6.09 Å². The van der Waals surface area contributed by atoms with Gasteiger partial charge in [0.25, 0.3) is 0 Å². The number of piperidine rings is 2. The van der Waals surface area contributed by atoms with Crippen molar-refractivity contribution in [2.75, 3.05) is 39.5 Å². The van der Waals surface area contributed by atoms with Crippen molar-refractivity contribution in [1.82, 2.24) is 10.2 Å². The van der Waals surface area contributed by atoms with Gasteiger partial charge in [-0.1, -0.05) is 7.43 Å². The fourth-order valence-corrected chi connectivity index (χ4v) is 2.73. The number of nitrogens with zero attached hydrogens (tertiary/aromatic N) is 1. The summed E-state index contributed by atoms with van der Waals surface area (Å²) in [5, 5.41) is 21.6. The molecule has 0 aromatic heterocycles. The first kappa shape index (κ1) is 25.0. The summed E-state index contributed by atoms with van der Waals surface area (Å²) in [6, 6.07) is 0. The Bertz CT molecular complexity index is 407. The molecule has 2 heterocycles. The van der Waals surface area contributed by atoms with Gasteiger partial charge in [-0.15, -0.1) is 0 Å². The van der Waals surface area contributed by atoms with Crippen LogP contribution in [0.1, 0.15) is 41.0 Å². The molecule has 6 nitrogen and oxygen atoms in total. The lowest BCUT2D eigenvalue weighted by Gasteiger charge is -2.35. The van der Waals surface area contributed by atoms with Crippen LogP contribution in [0.5, 0.6) is 0 Å². The first-order valence-electron chi connectivity index (χ1n) is 8.84. The third-order valence-corrected chi connectivity index (χ3v) is 4.31. The zero-order chi connectivity index (χ0) is 19.0. The molecule has 2 aliphatic rings. The Morgan fingerprint density at radius 2 is 1.73 bits per heavy atom. The van der Waals surface area contributed by atoms with Crippen molar-refractivity contribution in [1.29, 1.82) is 0 Å². The van der Waals surface area contributed by atoms with E-state index in [0.717, 1.165) is 6.54 Å². The highest BCUT2D eigenvalue weighted by atomic mass is 19.1. The van der Waals surface area contributed by atoms with E-state index >= 15 is 0 Å². The fourth-order valence-electron chi connectivity index (χ4n) is 2.73. The number of ether oxygens (including phenoxy) is 1. The molecule has 26 heavy (non-hydrogen) atoms. The Kier molecular flexibility index (Phi) is 11.2. The third-order valence-electron chi connectivity index (χ3n) is 4.31. The maximum Gasteiger partial charge on any atom is 0.410 e. The topological polar surface area (TPSA) is 82.0 Å². The van der Waals surface area contributed by atoms with Crippen molar-refractivity contribution in [3.8, 4) is 0 Å². The number of carbonyl (C=O) groups excluding carboxylic acids is 1. The van der Waals surface area contributed by atoms with Crippen LogP contribution in [0.25, 0.3) is 0 Å². The minimum Gasteiger partial charge on any atom is -0.444 e. The molecule has 0 spiro atoms. The number of aliphatic hydroxyl groups excluding tert-OH is 2. The van der Waals surface area contributed by atoms with Crippen molar-refractivity contribution in [3.63, 3.8) is 0 Å².